The van der Waals surface area contributed by atoms with Gasteiger partial charge < -0.3 is 4.90 Å². The molecule has 1 aromatic carbocycles. The number of hydrogen-bond acceptors (Lipinski definition) is 5. The van der Waals surface area contributed by atoms with E-state index in [-0.39, 0.29) is 34.4 Å². The molecule has 3 rings (SSSR count). The summed E-state index contributed by atoms with van der Waals surface area (Å²) in [6, 6.07) is 6.19. The summed E-state index contributed by atoms with van der Waals surface area (Å²) in [6.45, 7) is 0.0703. The summed E-state index contributed by atoms with van der Waals surface area (Å²) in [5, 5.41) is 2.56. The van der Waals surface area contributed by atoms with Crippen molar-refractivity contribution in [3.8, 4) is 0 Å². The maximum absolute atomic E-state index is 13.9. The maximum atomic E-state index is 13.9. The lowest BCUT2D eigenvalue weighted by molar-refractivity contribution is -0.127. The van der Waals surface area contributed by atoms with E-state index in [0.29, 0.717) is 15.4 Å². The van der Waals surface area contributed by atoms with Crippen LogP contribution in [0.25, 0.3) is 10.2 Å². The minimum Gasteiger partial charge on any atom is -0.341 e. The number of carbonyl (C=O) groups is 1. The van der Waals surface area contributed by atoms with Crippen molar-refractivity contribution in [2.24, 2.45) is 7.05 Å². The summed E-state index contributed by atoms with van der Waals surface area (Å²) in [5.74, 6) is -0.579. The van der Waals surface area contributed by atoms with Gasteiger partial charge in [-0.1, -0.05) is 29.4 Å². The number of rotatable bonds is 5. The first-order chi connectivity index (χ1) is 12.4. The molecule has 0 bridgehead atoms. The highest BCUT2D eigenvalue weighted by molar-refractivity contribution is 7.99. The average Bonchev–Trinajstić information content (AvgIpc) is 3.08. The van der Waals surface area contributed by atoms with Gasteiger partial charge in [0.25, 0.3) is 5.56 Å². The number of aromatic nitrogens is 2. The first kappa shape index (κ1) is 18.9. The zero-order valence-corrected chi connectivity index (χ0v) is 16.4. The number of fused-ring (bicyclic) bond motifs is 1. The van der Waals surface area contributed by atoms with E-state index in [0.717, 1.165) is 0 Å². The molecule has 0 spiro atoms. The van der Waals surface area contributed by atoms with Gasteiger partial charge in [-0.3, -0.25) is 14.2 Å². The Morgan fingerprint density at radius 2 is 2.19 bits per heavy atom. The van der Waals surface area contributed by atoms with Crippen LogP contribution < -0.4 is 5.56 Å². The molecule has 0 N–H and O–H groups in total. The lowest BCUT2D eigenvalue weighted by atomic mass is 10.2. The van der Waals surface area contributed by atoms with E-state index in [1.165, 1.54) is 44.7 Å². The van der Waals surface area contributed by atoms with Crippen molar-refractivity contribution < 1.29 is 9.18 Å². The van der Waals surface area contributed by atoms with Crippen molar-refractivity contribution in [1.29, 1.82) is 0 Å². The van der Waals surface area contributed by atoms with Crippen molar-refractivity contribution >= 4 is 50.8 Å². The first-order valence-corrected chi connectivity index (χ1v) is 9.86. The van der Waals surface area contributed by atoms with Crippen LogP contribution in [0.3, 0.4) is 0 Å². The summed E-state index contributed by atoms with van der Waals surface area (Å²) >= 11 is 8.52. The van der Waals surface area contributed by atoms with Crippen LogP contribution in [0.5, 0.6) is 0 Å². The number of amides is 1. The van der Waals surface area contributed by atoms with E-state index in [1.807, 2.05) is 5.38 Å². The number of thioether (sulfide) groups is 1. The molecule has 0 saturated carbocycles. The van der Waals surface area contributed by atoms with E-state index in [4.69, 9.17) is 11.6 Å². The molecule has 0 aliphatic rings. The molecule has 0 aliphatic carbocycles. The minimum atomic E-state index is -0.447. The van der Waals surface area contributed by atoms with Crippen LogP contribution in [0.4, 0.5) is 4.39 Å². The SMILES string of the molecule is CN(Cc1c(F)cccc1Cl)C(=O)CSc1nc2ccsc2c(=O)n1C. The average molecular weight is 412 g/mol. The lowest BCUT2D eigenvalue weighted by Gasteiger charge is -2.18. The van der Waals surface area contributed by atoms with Gasteiger partial charge in [-0.2, -0.15) is 0 Å². The lowest BCUT2D eigenvalue weighted by Crippen LogP contribution is -2.29. The summed E-state index contributed by atoms with van der Waals surface area (Å²) in [7, 11) is 3.21. The topological polar surface area (TPSA) is 55.2 Å². The first-order valence-electron chi connectivity index (χ1n) is 7.62. The van der Waals surface area contributed by atoms with Crippen molar-refractivity contribution in [3.63, 3.8) is 0 Å². The third-order valence-electron chi connectivity index (χ3n) is 3.85. The van der Waals surface area contributed by atoms with E-state index >= 15 is 0 Å². The summed E-state index contributed by atoms with van der Waals surface area (Å²) in [5.41, 5.74) is 0.770. The second-order valence-corrected chi connectivity index (χ2v) is 7.90. The second kappa shape index (κ2) is 7.77. The Bertz CT molecular complexity index is 1010. The smallest absolute Gasteiger partial charge is 0.271 e. The number of carbonyl (C=O) groups excluding carboxylic acids is 1. The number of halogens is 2. The fourth-order valence-electron chi connectivity index (χ4n) is 2.34. The Morgan fingerprint density at radius 3 is 2.92 bits per heavy atom. The zero-order chi connectivity index (χ0) is 18.8. The van der Waals surface area contributed by atoms with Crippen LogP contribution in [0, 0.1) is 5.82 Å². The molecular formula is C17H15ClFN3O2S2. The third kappa shape index (κ3) is 3.77. The Hall–Kier alpha value is -1.90. The van der Waals surface area contributed by atoms with Gasteiger partial charge in [-0.05, 0) is 23.6 Å². The summed E-state index contributed by atoms with van der Waals surface area (Å²) < 4.78 is 15.9. The normalized spacial score (nSPS) is 11.1. The molecule has 2 heterocycles. The fourth-order valence-corrected chi connectivity index (χ4v) is 4.28. The molecule has 2 aromatic heterocycles. The van der Waals surface area contributed by atoms with Gasteiger partial charge in [-0.25, -0.2) is 9.37 Å². The van der Waals surface area contributed by atoms with Crippen LogP contribution in [0.2, 0.25) is 5.02 Å². The van der Waals surface area contributed by atoms with Crippen LogP contribution in [-0.2, 0) is 18.4 Å². The molecule has 3 aromatic rings. The van der Waals surface area contributed by atoms with E-state index in [9.17, 15) is 14.0 Å². The van der Waals surface area contributed by atoms with Gasteiger partial charge in [0.05, 0.1) is 11.3 Å². The standard InChI is InChI=1S/C17H15ClFN3O2S2/c1-21(8-10-11(18)4-3-5-12(10)19)14(23)9-26-17-20-13-6-7-25-15(13)16(24)22(17)2/h3-7H,8-9H2,1-2H3. The molecule has 0 fully saturated rings. The van der Waals surface area contributed by atoms with Crippen LogP contribution in [0.15, 0.2) is 39.6 Å². The molecule has 26 heavy (non-hydrogen) atoms. The van der Waals surface area contributed by atoms with Crippen molar-refractivity contribution in [2.75, 3.05) is 12.8 Å². The molecule has 0 atom stereocenters. The largest absolute Gasteiger partial charge is 0.341 e. The summed E-state index contributed by atoms with van der Waals surface area (Å²) in [6.07, 6.45) is 0. The van der Waals surface area contributed by atoms with Gasteiger partial charge >= 0.3 is 0 Å². The molecule has 0 radical (unpaired) electrons. The highest BCUT2D eigenvalue weighted by atomic mass is 35.5. The predicted molar refractivity (Wildman–Crippen MR) is 103 cm³/mol. The molecule has 0 aliphatic heterocycles. The molecule has 0 unspecified atom stereocenters. The van der Waals surface area contributed by atoms with Gasteiger partial charge in [0.15, 0.2) is 5.16 Å². The highest BCUT2D eigenvalue weighted by Gasteiger charge is 2.16. The molecule has 5 nitrogen and oxygen atoms in total. The molecule has 9 heteroatoms. The van der Waals surface area contributed by atoms with Crippen LogP contribution >= 0.6 is 34.7 Å². The molecule has 1 amide bonds. The van der Waals surface area contributed by atoms with E-state index < -0.39 is 5.82 Å². The molecule has 0 saturated heterocycles. The quantitative estimate of drug-likeness (QED) is 0.476. The van der Waals surface area contributed by atoms with E-state index in [1.54, 1.807) is 26.2 Å². The zero-order valence-electron chi connectivity index (χ0n) is 14.0. The van der Waals surface area contributed by atoms with Gasteiger partial charge in [0.2, 0.25) is 5.91 Å². The predicted octanol–water partition coefficient (Wildman–Crippen LogP) is 3.54. The number of hydrogen-bond donors (Lipinski definition) is 0. The number of thiophene rings is 1. The Balaban J connectivity index is 1.71. The maximum Gasteiger partial charge on any atom is 0.271 e. The second-order valence-electron chi connectivity index (χ2n) is 5.63. The molecular weight excluding hydrogens is 397 g/mol. The monoisotopic (exact) mass is 411 g/mol. The van der Waals surface area contributed by atoms with Crippen molar-refractivity contribution in [2.45, 2.75) is 11.7 Å². The van der Waals surface area contributed by atoms with Crippen LogP contribution in [-0.4, -0.2) is 33.2 Å². The number of benzene rings is 1. The summed E-state index contributed by atoms with van der Waals surface area (Å²) in [4.78, 5) is 30.5. The minimum absolute atomic E-state index is 0.0703. The van der Waals surface area contributed by atoms with Crippen molar-refractivity contribution in [3.05, 3.63) is 56.4 Å². The Kier molecular flexibility index (Phi) is 5.64. The van der Waals surface area contributed by atoms with E-state index in [2.05, 4.69) is 4.98 Å². The van der Waals surface area contributed by atoms with Gasteiger partial charge in [0.1, 0.15) is 10.5 Å². The van der Waals surface area contributed by atoms with Crippen LogP contribution in [0.1, 0.15) is 5.56 Å². The highest BCUT2D eigenvalue weighted by Crippen LogP contribution is 2.22. The fraction of sp³-hybridized carbons (Fsp3) is 0.235. The van der Waals surface area contributed by atoms with Gasteiger partial charge in [0, 0.05) is 31.2 Å². The third-order valence-corrected chi connectivity index (χ3v) is 6.11. The van der Waals surface area contributed by atoms with Crippen molar-refractivity contribution in [1.82, 2.24) is 14.5 Å². The van der Waals surface area contributed by atoms with Gasteiger partial charge in [-0.15, -0.1) is 11.3 Å². The Labute approximate surface area is 162 Å². The Morgan fingerprint density at radius 1 is 1.42 bits per heavy atom. The molecule has 136 valence electrons. The number of nitrogens with zero attached hydrogens (tertiary/aromatic N) is 3.